The Hall–Kier alpha value is -2.10. The number of hydrogen-bond acceptors (Lipinski definition) is 3. The van der Waals surface area contributed by atoms with Gasteiger partial charge in [0.1, 0.15) is 0 Å². The van der Waals surface area contributed by atoms with Gasteiger partial charge in [0, 0.05) is 50.9 Å². The van der Waals surface area contributed by atoms with E-state index in [-0.39, 0.29) is 5.91 Å². The zero-order chi connectivity index (χ0) is 17.1. The summed E-state index contributed by atoms with van der Waals surface area (Å²) in [7, 11) is 3.67. The first-order valence-electron chi connectivity index (χ1n) is 8.85. The molecule has 1 fully saturated rings. The number of nitrogens with zero attached hydrogens (tertiary/aromatic N) is 3. The molecule has 1 amide bonds. The van der Waals surface area contributed by atoms with Gasteiger partial charge in [0.05, 0.1) is 5.52 Å². The van der Waals surface area contributed by atoms with Crippen LogP contribution in [0.25, 0.3) is 10.9 Å². The number of anilines is 1. The zero-order valence-corrected chi connectivity index (χ0v) is 15.0. The summed E-state index contributed by atoms with van der Waals surface area (Å²) in [6.07, 6.45) is 5.96. The monoisotopic (exact) mass is 325 g/mol. The van der Waals surface area contributed by atoms with Crippen molar-refractivity contribution in [2.75, 3.05) is 32.1 Å². The predicted molar refractivity (Wildman–Crippen MR) is 99.3 cm³/mol. The third-order valence-corrected chi connectivity index (χ3v) is 5.00. The second-order valence-corrected chi connectivity index (χ2v) is 7.13. The van der Waals surface area contributed by atoms with Gasteiger partial charge < -0.3 is 9.80 Å². The van der Waals surface area contributed by atoms with Gasteiger partial charge >= 0.3 is 0 Å². The fourth-order valence-corrected chi connectivity index (χ4v) is 3.59. The van der Waals surface area contributed by atoms with Gasteiger partial charge in [-0.3, -0.25) is 9.78 Å². The molecule has 0 unspecified atom stereocenters. The van der Waals surface area contributed by atoms with Gasteiger partial charge in [-0.1, -0.05) is 11.6 Å². The molecule has 0 saturated carbocycles. The van der Waals surface area contributed by atoms with Gasteiger partial charge in [0.2, 0.25) is 5.91 Å². The summed E-state index contributed by atoms with van der Waals surface area (Å²) in [6, 6.07) is 8.59. The van der Waals surface area contributed by atoms with Gasteiger partial charge in [-0.2, -0.15) is 0 Å². The van der Waals surface area contributed by atoms with Crippen molar-refractivity contribution in [3.8, 4) is 0 Å². The molecule has 0 bridgehead atoms. The van der Waals surface area contributed by atoms with E-state index in [1.165, 1.54) is 29.5 Å². The Balaban J connectivity index is 1.75. The second kappa shape index (κ2) is 7.20. The van der Waals surface area contributed by atoms with E-state index < -0.39 is 0 Å². The first-order chi connectivity index (χ1) is 11.5. The maximum Gasteiger partial charge on any atom is 0.222 e. The quantitative estimate of drug-likeness (QED) is 0.861. The molecule has 0 radical (unpaired) electrons. The zero-order valence-electron chi connectivity index (χ0n) is 15.0. The lowest BCUT2D eigenvalue weighted by atomic mass is 9.92. The summed E-state index contributed by atoms with van der Waals surface area (Å²) < 4.78 is 0. The molecule has 0 N–H and O–H groups in total. The standard InChI is InChI=1S/C20H27N3O/c1-15-6-8-18-17(13-15)19(10-11-21-18)23-12-4-5-16(14-23)7-9-20(24)22(2)3/h6,8,10-11,13,16H,4-5,7,9,12,14H2,1-3H3/t16-/m0/s1. The van der Waals surface area contributed by atoms with Crippen LogP contribution in [0.15, 0.2) is 30.5 Å². The first kappa shape index (κ1) is 16.7. The summed E-state index contributed by atoms with van der Waals surface area (Å²) in [5, 5.41) is 1.24. The number of rotatable bonds is 4. The van der Waals surface area contributed by atoms with Crippen LogP contribution < -0.4 is 4.90 Å². The van der Waals surface area contributed by atoms with Crippen LogP contribution in [-0.4, -0.2) is 43.0 Å². The number of aromatic nitrogens is 1. The Morgan fingerprint density at radius 1 is 1.33 bits per heavy atom. The third kappa shape index (κ3) is 3.69. The van der Waals surface area contributed by atoms with E-state index >= 15 is 0 Å². The molecule has 1 aliphatic rings. The van der Waals surface area contributed by atoms with E-state index in [1.807, 2.05) is 20.3 Å². The number of pyridine rings is 1. The number of carbonyl (C=O) groups excluding carboxylic acids is 1. The number of piperidine rings is 1. The molecule has 3 rings (SSSR count). The molecule has 2 heterocycles. The Morgan fingerprint density at radius 2 is 2.17 bits per heavy atom. The molecule has 24 heavy (non-hydrogen) atoms. The van der Waals surface area contributed by atoms with Crippen molar-refractivity contribution in [1.29, 1.82) is 0 Å². The molecule has 1 aliphatic heterocycles. The van der Waals surface area contributed by atoms with E-state index in [0.29, 0.717) is 12.3 Å². The largest absolute Gasteiger partial charge is 0.371 e. The van der Waals surface area contributed by atoms with E-state index in [0.717, 1.165) is 25.0 Å². The lowest BCUT2D eigenvalue weighted by molar-refractivity contribution is -0.129. The minimum absolute atomic E-state index is 0.233. The molecule has 4 nitrogen and oxygen atoms in total. The van der Waals surface area contributed by atoms with Crippen molar-refractivity contribution in [3.05, 3.63) is 36.0 Å². The van der Waals surface area contributed by atoms with Crippen molar-refractivity contribution in [1.82, 2.24) is 9.88 Å². The number of hydrogen-bond donors (Lipinski definition) is 0. The molecule has 1 aromatic carbocycles. The third-order valence-electron chi connectivity index (χ3n) is 5.00. The highest BCUT2D eigenvalue weighted by atomic mass is 16.2. The molecule has 4 heteroatoms. The SMILES string of the molecule is Cc1ccc2nccc(N3CCC[C@@H](CCC(=O)N(C)C)C3)c2c1. The number of amides is 1. The Bertz CT molecular complexity index is 726. The predicted octanol–water partition coefficient (Wildman–Crippen LogP) is 3.63. The van der Waals surface area contributed by atoms with Crippen LogP contribution >= 0.6 is 0 Å². The van der Waals surface area contributed by atoms with E-state index in [1.54, 1.807) is 4.90 Å². The number of fused-ring (bicyclic) bond motifs is 1. The Morgan fingerprint density at radius 3 is 2.96 bits per heavy atom. The smallest absolute Gasteiger partial charge is 0.222 e. The van der Waals surface area contributed by atoms with Crippen molar-refractivity contribution < 1.29 is 4.79 Å². The van der Waals surface area contributed by atoms with Crippen LogP contribution in [0.5, 0.6) is 0 Å². The average molecular weight is 325 g/mol. The average Bonchev–Trinajstić information content (AvgIpc) is 2.59. The summed E-state index contributed by atoms with van der Waals surface area (Å²) in [5.74, 6) is 0.827. The van der Waals surface area contributed by atoms with Crippen LogP contribution in [0.4, 0.5) is 5.69 Å². The van der Waals surface area contributed by atoms with Crippen LogP contribution in [0.2, 0.25) is 0 Å². The normalized spacial score (nSPS) is 18.0. The summed E-state index contributed by atoms with van der Waals surface area (Å²) in [5.41, 5.74) is 3.61. The lowest BCUT2D eigenvalue weighted by Gasteiger charge is -2.35. The topological polar surface area (TPSA) is 36.4 Å². The highest BCUT2D eigenvalue weighted by Gasteiger charge is 2.22. The summed E-state index contributed by atoms with van der Waals surface area (Å²) in [4.78, 5) is 20.5. The van der Waals surface area contributed by atoms with Gasteiger partial charge in [0.25, 0.3) is 0 Å². The minimum Gasteiger partial charge on any atom is -0.371 e. The lowest BCUT2D eigenvalue weighted by Crippen LogP contribution is -2.36. The summed E-state index contributed by atoms with van der Waals surface area (Å²) >= 11 is 0. The minimum atomic E-state index is 0.233. The fraction of sp³-hybridized carbons (Fsp3) is 0.500. The van der Waals surface area contributed by atoms with Gasteiger partial charge in [-0.05, 0) is 50.3 Å². The molecule has 1 atom stereocenters. The fourth-order valence-electron chi connectivity index (χ4n) is 3.59. The van der Waals surface area contributed by atoms with Gasteiger partial charge in [0.15, 0.2) is 0 Å². The van der Waals surface area contributed by atoms with E-state index in [9.17, 15) is 4.79 Å². The van der Waals surface area contributed by atoms with Crippen molar-refractivity contribution in [2.24, 2.45) is 5.92 Å². The van der Waals surface area contributed by atoms with Crippen LogP contribution in [0.1, 0.15) is 31.2 Å². The van der Waals surface area contributed by atoms with Gasteiger partial charge in [-0.15, -0.1) is 0 Å². The van der Waals surface area contributed by atoms with Crippen LogP contribution in [0.3, 0.4) is 0 Å². The maximum atomic E-state index is 11.9. The first-order valence-corrected chi connectivity index (χ1v) is 8.85. The summed E-state index contributed by atoms with van der Waals surface area (Å²) in [6.45, 7) is 4.25. The van der Waals surface area contributed by atoms with Crippen molar-refractivity contribution in [3.63, 3.8) is 0 Å². The molecule has 0 spiro atoms. The maximum absolute atomic E-state index is 11.9. The van der Waals surface area contributed by atoms with Gasteiger partial charge in [-0.25, -0.2) is 0 Å². The second-order valence-electron chi connectivity index (χ2n) is 7.13. The van der Waals surface area contributed by atoms with Crippen molar-refractivity contribution >= 4 is 22.5 Å². The van der Waals surface area contributed by atoms with Crippen molar-refractivity contribution in [2.45, 2.75) is 32.6 Å². The molecular weight excluding hydrogens is 298 g/mol. The Labute approximate surface area is 144 Å². The van der Waals surface area contributed by atoms with Crippen LogP contribution in [-0.2, 0) is 4.79 Å². The molecular formula is C20H27N3O. The highest BCUT2D eigenvalue weighted by molar-refractivity contribution is 5.92. The highest BCUT2D eigenvalue weighted by Crippen LogP contribution is 2.31. The van der Waals surface area contributed by atoms with Crippen LogP contribution in [0, 0.1) is 12.8 Å². The number of aryl methyl sites for hydroxylation is 1. The molecule has 128 valence electrons. The molecule has 0 aliphatic carbocycles. The number of benzene rings is 1. The van der Waals surface area contributed by atoms with E-state index in [4.69, 9.17) is 0 Å². The van der Waals surface area contributed by atoms with E-state index in [2.05, 4.69) is 41.1 Å². The molecule has 1 saturated heterocycles. The number of carbonyl (C=O) groups is 1. The molecule has 2 aromatic rings. The molecule has 1 aromatic heterocycles. The Kier molecular flexibility index (Phi) is 5.03.